The van der Waals surface area contributed by atoms with Crippen LogP contribution in [0.4, 0.5) is 0 Å². The Labute approximate surface area is 140 Å². The lowest BCUT2D eigenvalue weighted by Crippen LogP contribution is -2.44. The zero-order valence-electron chi connectivity index (χ0n) is 12.5. The van der Waals surface area contributed by atoms with Crippen LogP contribution in [0.1, 0.15) is 32.6 Å². The molecule has 1 amide bonds. The second-order valence-corrected chi connectivity index (χ2v) is 6.65. The number of aliphatic hydroxyl groups is 1. The molecule has 0 aromatic heterocycles. The zero-order chi connectivity index (χ0) is 16.1. The Morgan fingerprint density at radius 1 is 1.27 bits per heavy atom. The van der Waals surface area contributed by atoms with Crippen LogP contribution in [0.25, 0.3) is 0 Å². The lowest BCUT2D eigenvalue weighted by Gasteiger charge is -2.28. The molecule has 0 bridgehead atoms. The van der Waals surface area contributed by atoms with Crippen molar-refractivity contribution in [1.82, 2.24) is 5.32 Å². The first-order valence-electron chi connectivity index (χ1n) is 7.52. The third-order valence-corrected chi connectivity index (χ3v) is 4.41. The molecule has 122 valence electrons. The fourth-order valence-corrected chi connectivity index (χ4v) is 3.17. The molecule has 1 saturated carbocycles. The molecule has 22 heavy (non-hydrogen) atoms. The quantitative estimate of drug-likeness (QED) is 0.859. The molecule has 0 radical (unpaired) electrons. The first-order chi connectivity index (χ1) is 10.5. The maximum absolute atomic E-state index is 12.2. The maximum Gasteiger partial charge on any atom is 0.260 e. The summed E-state index contributed by atoms with van der Waals surface area (Å²) in [7, 11) is 0. The molecule has 1 atom stereocenters. The molecular formula is C16H21Cl2NO3. The molecular weight excluding hydrogens is 325 g/mol. The first-order valence-corrected chi connectivity index (χ1v) is 8.27. The molecule has 2 rings (SSSR count). The summed E-state index contributed by atoms with van der Waals surface area (Å²) in [4.78, 5) is 12.2. The van der Waals surface area contributed by atoms with Gasteiger partial charge in [-0.2, -0.15) is 0 Å². The highest BCUT2D eigenvalue weighted by Gasteiger charge is 2.24. The molecule has 1 aliphatic rings. The normalized spacial score (nSPS) is 22.9. The van der Waals surface area contributed by atoms with Crippen LogP contribution >= 0.6 is 23.2 Å². The number of carbonyl (C=O) groups is 1. The lowest BCUT2D eigenvalue weighted by atomic mass is 9.86. The van der Waals surface area contributed by atoms with E-state index in [2.05, 4.69) is 5.32 Å². The average molecular weight is 346 g/mol. The number of hydrogen-bond donors (Lipinski definition) is 2. The monoisotopic (exact) mass is 345 g/mol. The molecule has 0 heterocycles. The second-order valence-electron chi connectivity index (χ2n) is 5.77. The van der Waals surface area contributed by atoms with Gasteiger partial charge in [0.15, 0.2) is 6.10 Å². The fourth-order valence-electron chi connectivity index (χ4n) is 2.66. The fraction of sp³-hybridized carbons (Fsp3) is 0.562. The molecule has 4 nitrogen and oxygen atoms in total. The van der Waals surface area contributed by atoms with Gasteiger partial charge in [0, 0.05) is 22.7 Å². The van der Waals surface area contributed by atoms with Gasteiger partial charge in [-0.05, 0) is 56.7 Å². The van der Waals surface area contributed by atoms with Gasteiger partial charge < -0.3 is 15.2 Å². The number of benzene rings is 1. The molecule has 1 aromatic rings. The summed E-state index contributed by atoms with van der Waals surface area (Å²) in [6.07, 6.45) is 3.06. The van der Waals surface area contributed by atoms with E-state index in [9.17, 15) is 4.79 Å². The molecule has 1 aromatic carbocycles. The highest BCUT2D eigenvalue weighted by atomic mass is 35.5. The number of amides is 1. The van der Waals surface area contributed by atoms with Crippen LogP contribution in [-0.2, 0) is 4.79 Å². The maximum atomic E-state index is 12.2. The van der Waals surface area contributed by atoms with Gasteiger partial charge in [0.25, 0.3) is 5.91 Å². The highest BCUT2D eigenvalue weighted by Crippen LogP contribution is 2.26. The topological polar surface area (TPSA) is 58.6 Å². The summed E-state index contributed by atoms with van der Waals surface area (Å²) < 4.78 is 5.60. The van der Waals surface area contributed by atoms with Crippen molar-refractivity contribution < 1.29 is 14.6 Å². The summed E-state index contributed by atoms with van der Waals surface area (Å²) in [5.74, 6) is 0.697. The van der Waals surface area contributed by atoms with Gasteiger partial charge in [-0.3, -0.25) is 4.79 Å². The summed E-state index contributed by atoms with van der Waals surface area (Å²) in [6, 6.07) is 5.03. The molecule has 1 aliphatic carbocycles. The molecule has 0 saturated heterocycles. The molecule has 2 N–H and O–H groups in total. The molecule has 0 aliphatic heterocycles. The lowest BCUT2D eigenvalue weighted by molar-refractivity contribution is -0.128. The van der Waals surface area contributed by atoms with Crippen molar-refractivity contribution in [2.75, 3.05) is 6.61 Å². The van der Waals surface area contributed by atoms with Crippen LogP contribution in [0, 0.1) is 5.92 Å². The van der Waals surface area contributed by atoms with Crippen LogP contribution in [0.2, 0.25) is 10.0 Å². The van der Waals surface area contributed by atoms with E-state index in [1.165, 1.54) is 0 Å². The third kappa shape index (κ3) is 5.04. The Balaban J connectivity index is 1.84. The number of halogens is 2. The standard InChI is InChI=1S/C16H21Cl2NO3/c1-10(22-15-7-12(17)6-13(18)8-15)16(21)19-14-4-2-11(9-20)3-5-14/h6-8,10-11,14,20H,2-5,9H2,1H3,(H,19,21). The first kappa shape index (κ1) is 17.4. The summed E-state index contributed by atoms with van der Waals surface area (Å²) in [5, 5.41) is 13.1. The minimum atomic E-state index is -0.620. The van der Waals surface area contributed by atoms with Crippen LogP contribution in [-0.4, -0.2) is 29.8 Å². The third-order valence-electron chi connectivity index (χ3n) is 3.97. The number of carbonyl (C=O) groups excluding carboxylic acids is 1. The van der Waals surface area contributed by atoms with Gasteiger partial charge in [-0.15, -0.1) is 0 Å². The van der Waals surface area contributed by atoms with Crippen molar-refractivity contribution in [2.24, 2.45) is 5.92 Å². The highest BCUT2D eigenvalue weighted by molar-refractivity contribution is 6.34. The number of hydrogen-bond acceptors (Lipinski definition) is 3. The Morgan fingerprint density at radius 3 is 2.41 bits per heavy atom. The second kappa shape index (κ2) is 8.04. The van der Waals surface area contributed by atoms with Crippen molar-refractivity contribution in [3.8, 4) is 5.75 Å². The van der Waals surface area contributed by atoms with Crippen LogP contribution < -0.4 is 10.1 Å². The molecule has 1 fully saturated rings. The SMILES string of the molecule is CC(Oc1cc(Cl)cc(Cl)c1)C(=O)NC1CCC(CO)CC1. The summed E-state index contributed by atoms with van der Waals surface area (Å²) >= 11 is 11.8. The summed E-state index contributed by atoms with van der Waals surface area (Å²) in [6.45, 7) is 1.93. The van der Waals surface area contributed by atoms with E-state index in [0.29, 0.717) is 21.7 Å². The van der Waals surface area contributed by atoms with Crippen molar-refractivity contribution in [1.29, 1.82) is 0 Å². The molecule has 0 spiro atoms. The average Bonchev–Trinajstić information content (AvgIpc) is 2.46. The predicted molar refractivity (Wildman–Crippen MR) is 87.5 cm³/mol. The molecule has 1 unspecified atom stereocenters. The number of rotatable bonds is 5. The van der Waals surface area contributed by atoms with Gasteiger partial charge in [-0.1, -0.05) is 23.2 Å². The Hall–Kier alpha value is -0.970. The van der Waals surface area contributed by atoms with Gasteiger partial charge in [0.05, 0.1) is 0 Å². The van der Waals surface area contributed by atoms with E-state index < -0.39 is 6.10 Å². The summed E-state index contributed by atoms with van der Waals surface area (Å²) in [5.41, 5.74) is 0. The van der Waals surface area contributed by atoms with E-state index in [-0.39, 0.29) is 18.6 Å². The van der Waals surface area contributed by atoms with E-state index >= 15 is 0 Å². The zero-order valence-corrected chi connectivity index (χ0v) is 14.0. The van der Waals surface area contributed by atoms with Crippen molar-refractivity contribution in [3.63, 3.8) is 0 Å². The predicted octanol–water partition coefficient (Wildman–Crippen LogP) is 3.43. The largest absolute Gasteiger partial charge is 0.481 e. The van der Waals surface area contributed by atoms with Crippen molar-refractivity contribution in [2.45, 2.75) is 44.8 Å². The number of nitrogens with one attached hydrogen (secondary N) is 1. The van der Waals surface area contributed by atoms with E-state index in [4.69, 9.17) is 33.0 Å². The van der Waals surface area contributed by atoms with Gasteiger partial charge >= 0.3 is 0 Å². The van der Waals surface area contributed by atoms with Gasteiger partial charge in [0.2, 0.25) is 0 Å². The van der Waals surface area contributed by atoms with Crippen LogP contribution in [0.5, 0.6) is 5.75 Å². The Morgan fingerprint density at radius 2 is 1.86 bits per heavy atom. The minimum Gasteiger partial charge on any atom is -0.481 e. The van der Waals surface area contributed by atoms with Crippen LogP contribution in [0.3, 0.4) is 0 Å². The minimum absolute atomic E-state index is 0.149. The molecule has 6 heteroatoms. The Bertz CT molecular complexity index is 496. The smallest absolute Gasteiger partial charge is 0.260 e. The Kier molecular flexibility index (Phi) is 6.36. The van der Waals surface area contributed by atoms with Crippen molar-refractivity contribution >= 4 is 29.1 Å². The number of aliphatic hydroxyl groups excluding tert-OH is 1. The van der Waals surface area contributed by atoms with E-state index in [1.54, 1.807) is 25.1 Å². The van der Waals surface area contributed by atoms with Gasteiger partial charge in [0.1, 0.15) is 5.75 Å². The van der Waals surface area contributed by atoms with E-state index in [0.717, 1.165) is 25.7 Å². The number of ether oxygens (including phenoxy) is 1. The van der Waals surface area contributed by atoms with Crippen molar-refractivity contribution in [3.05, 3.63) is 28.2 Å². The van der Waals surface area contributed by atoms with Crippen LogP contribution in [0.15, 0.2) is 18.2 Å². The van der Waals surface area contributed by atoms with E-state index in [1.807, 2.05) is 0 Å². The van der Waals surface area contributed by atoms with Gasteiger partial charge in [-0.25, -0.2) is 0 Å².